The van der Waals surface area contributed by atoms with Gasteiger partial charge in [-0.3, -0.25) is 4.79 Å². The average Bonchev–Trinajstić information content (AvgIpc) is 2.46. The number of benzene rings is 2. The van der Waals surface area contributed by atoms with Crippen LogP contribution >= 0.6 is 11.8 Å². The molecular weight excluding hydrogens is 291 g/mol. The average molecular weight is 304 g/mol. The van der Waals surface area contributed by atoms with Crippen LogP contribution in [0.25, 0.3) is 0 Å². The number of urea groups is 1. The molecule has 6 heteroatoms. The molecule has 0 bridgehead atoms. The van der Waals surface area contributed by atoms with E-state index < -0.39 is 6.03 Å². The molecular formula is C15H13FN2O2S. The molecule has 2 amide bonds. The van der Waals surface area contributed by atoms with E-state index in [9.17, 15) is 14.0 Å². The van der Waals surface area contributed by atoms with Crippen molar-refractivity contribution in [3.05, 3.63) is 59.9 Å². The topological polar surface area (TPSA) is 72.2 Å². The molecule has 0 aliphatic rings. The number of rotatable bonds is 5. The van der Waals surface area contributed by atoms with Gasteiger partial charge in [0.05, 0.1) is 5.75 Å². The lowest BCUT2D eigenvalue weighted by atomic mass is 10.1. The zero-order chi connectivity index (χ0) is 15.2. The molecule has 0 fully saturated rings. The first-order valence-corrected chi connectivity index (χ1v) is 7.11. The first kappa shape index (κ1) is 15.1. The van der Waals surface area contributed by atoms with Gasteiger partial charge >= 0.3 is 6.03 Å². The third kappa shape index (κ3) is 4.61. The molecule has 3 N–H and O–H groups in total. The zero-order valence-electron chi connectivity index (χ0n) is 11.0. The fourth-order valence-corrected chi connectivity index (χ4v) is 2.44. The molecule has 0 saturated carbocycles. The summed E-state index contributed by atoms with van der Waals surface area (Å²) in [4.78, 5) is 23.5. The quantitative estimate of drug-likeness (QED) is 0.657. The number of hydrogen-bond acceptors (Lipinski definition) is 3. The van der Waals surface area contributed by atoms with Crippen LogP contribution in [-0.2, 0) is 0 Å². The number of Topliss-reactive ketones (excluding diaryl/α,β-unsaturated/α-hetero) is 1. The van der Waals surface area contributed by atoms with Gasteiger partial charge in [0.1, 0.15) is 5.82 Å². The van der Waals surface area contributed by atoms with E-state index in [-0.39, 0.29) is 17.4 Å². The number of anilines is 1. The molecule has 0 aliphatic carbocycles. The van der Waals surface area contributed by atoms with E-state index in [1.54, 1.807) is 36.4 Å². The van der Waals surface area contributed by atoms with Crippen molar-refractivity contribution in [1.29, 1.82) is 0 Å². The number of carbonyl (C=O) groups excluding carboxylic acids is 2. The highest BCUT2D eigenvalue weighted by Gasteiger charge is 2.07. The summed E-state index contributed by atoms with van der Waals surface area (Å²) in [5, 5.41) is 2.42. The summed E-state index contributed by atoms with van der Waals surface area (Å²) in [6.45, 7) is 0. The number of halogens is 1. The first-order valence-electron chi connectivity index (χ1n) is 6.12. The van der Waals surface area contributed by atoms with Crippen molar-refractivity contribution in [2.45, 2.75) is 4.90 Å². The van der Waals surface area contributed by atoms with E-state index in [0.717, 1.165) is 4.90 Å². The molecule has 4 nitrogen and oxygen atoms in total. The number of amides is 2. The third-order valence-corrected chi connectivity index (χ3v) is 3.67. The second-order valence-corrected chi connectivity index (χ2v) is 5.28. The van der Waals surface area contributed by atoms with Crippen LogP contribution in [0.3, 0.4) is 0 Å². The summed E-state index contributed by atoms with van der Waals surface area (Å²) >= 11 is 1.34. The van der Waals surface area contributed by atoms with Crippen molar-refractivity contribution in [1.82, 2.24) is 0 Å². The largest absolute Gasteiger partial charge is 0.351 e. The third-order valence-electron chi connectivity index (χ3n) is 2.66. The monoisotopic (exact) mass is 304 g/mol. The van der Waals surface area contributed by atoms with Gasteiger partial charge in [-0.1, -0.05) is 0 Å². The normalized spacial score (nSPS) is 10.1. The predicted molar refractivity (Wildman–Crippen MR) is 81.1 cm³/mol. The maximum absolute atomic E-state index is 12.8. The Morgan fingerprint density at radius 1 is 1.05 bits per heavy atom. The van der Waals surface area contributed by atoms with E-state index in [1.165, 1.54) is 23.9 Å². The predicted octanol–water partition coefficient (Wildman–Crippen LogP) is 3.29. The first-order chi connectivity index (χ1) is 10.0. The second-order valence-electron chi connectivity index (χ2n) is 4.23. The minimum absolute atomic E-state index is 0.0463. The fraction of sp³-hybridized carbons (Fsp3) is 0.0667. The van der Waals surface area contributed by atoms with Crippen LogP contribution in [0.5, 0.6) is 0 Å². The summed E-state index contributed by atoms with van der Waals surface area (Å²) in [5.41, 5.74) is 6.07. The maximum Gasteiger partial charge on any atom is 0.316 e. The Morgan fingerprint density at radius 2 is 1.67 bits per heavy atom. The Kier molecular flexibility index (Phi) is 4.94. The van der Waals surface area contributed by atoms with Gasteiger partial charge in [-0.05, 0) is 48.5 Å². The van der Waals surface area contributed by atoms with Gasteiger partial charge in [-0.15, -0.1) is 11.8 Å². The Hall–Kier alpha value is -2.34. The maximum atomic E-state index is 12.8. The van der Waals surface area contributed by atoms with Gasteiger partial charge in [-0.25, -0.2) is 9.18 Å². The summed E-state index contributed by atoms with van der Waals surface area (Å²) in [5.74, 6) is -0.0908. The van der Waals surface area contributed by atoms with Gasteiger partial charge in [0, 0.05) is 16.1 Å². The van der Waals surface area contributed by atoms with Gasteiger partial charge in [-0.2, -0.15) is 0 Å². The number of nitrogens with two attached hydrogens (primary N) is 1. The molecule has 0 aliphatic heterocycles. The fourth-order valence-electron chi connectivity index (χ4n) is 1.64. The molecule has 0 atom stereocenters. The highest BCUT2D eigenvalue weighted by Crippen LogP contribution is 2.20. The minimum Gasteiger partial charge on any atom is -0.351 e. The van der Waals surface area contributed by atoms with Crippen LogP contribution in [0, 0.1) is 5.82 Å². The van der Waals surface area contributed by atoms with E-state index in [2.05, 4.69) is 5.32 Å². The van der Waals surface area contributed by atoms with Crippen LogP contribution in [0.2, 0.25) is 0 Å². The molecule has 0 aromatic heterocycles. The lowest BCUT2D eigenvalue weighted by molar-refractivity contribution is 0.102. The van der Waals surface area contributed by atoms with Crippen molar-refractivity contribution in [2.75, 3.05) is 11.1 Å². The van der Waals surface area contributed by atoms with Crippen LogP contribution in [0.15, 0.2) is 53.4 Å². The Bertz CT molecular complexity index is 642. The lowest BCUT2D eigenvalue weighted by Crippen LogP contribution is -2.19. The lowest BCUT2D eigenvalue weighted by Gasteiger charge is -2.04. The highest BCUT2D eigenvalue weighted by molar-refractivity contribution is 8.00. The van der Waals surface area contributed by atoms with Crippen molar-refractivity contribution in [3.63, 3.8) is 0 Å². The van der Waals surface area contributed by atoms with Crippen LogP contribution in [0.1, 0.15) is 10.4 Å². The molecule has 2 aromatic rings. The van der Waals surface area contributed by atoms with Crippen molar-refractivity contribution in [3.8, 4) is 0 Å². The number of ketones is 1. The van der Waals surface area contributed by atoms with Gasteiger partial charge in [0.15, 0.2) is 5.78 Å². The summed E-state index contributed by atoms with van der Waals surface area (Å²) in [6, 6.07) is 11.8. The van der Waals surface area contributed by atoms with E-state index in [4.69, 9.17) is 5.73 Å². The van der Waals surface area contributed by atoms with Gasteiger partial charge < -0.3 is 11.1 Å². The molecule has 0 radical (unpaired) electrons. The van der Waals surface area contributed by atoms with E-state index >= 15 is 0 Å². The Morgan fingerprint density at radius 3 is 2.24 bits per heavy atom. The van der Waals surface area contributed by atoms with Crippen molar-refractivity contribution < 1.29 is 14.0 Å². The summed E-state index contributed by atoms with van der Waals surface area (Å²) in [7, 11) is 0. The number of carbonyl (C=O) groups is 2. The Labute approximate surface area is 125 Å². The van der Waals surface area contributed by atoms with Crippen LogP contribution in [0.4, 0.5) is 14.9 Å². The number of primary amides is 1. The summed E-state index contributed by atoms with van der Waals surface area (Å²) < 4.78 is 12.8. The SMILES string of the molecule is NC(=O)Nc1ccc(C(=O)CSc2ccc(F)cc2)cc1. The Balaban J connectivity index is 1.93. The number of hydrogen-bond donors (Lipinski definition) is 2. The molecule has 21 heavy (non-hydrogen) atoms. The number of thioether (sulfide) groups is 1. The van der Waals surface area contributed by atoms with Crippen LogP contribution < -0.4 is 11.1 Å². The summed E-state index contributed by atoms with van der Waals surface area (Å²) in [6.07, 6.45) is 0. The number of nitrogens with one attached hydrogen (secondary N) is 1. The molecule has 0 saturated heterocycles. The van der Waals surface area contributed by atoms with Gasteiger partial charge in [0.2, 0.25) is 0 Å². The molecule has 108 valence electrons. The van der Waals surface area contributed by atoms with E-state index in [0.29, 0.717) is 11.3 Å². The molecule has 2 aromatic carbocycles. The van der Waals surface area contributed by atoms with E-state index in [1.807, 2.05) is 0 Å². The molecule has 0 unspecified atom stereocenters. The van der Waals surface area contributed by atoms with Crippen molar-refractivity contribution >= 4 is 29.3 Å². The zero-order valence-corrected chi connectivity index (χ0v) is 11.8. The molecule has 0 heterocycles. The standard InChI is InChI=1S/C15H13FN2O2S/c16-11-3-7-13(8-4-11)21-9-14(19)10-1-5-12(6-2-10)18-15(17)20/h1-8H,9H2,(H3,17,18,20). The molecule has 0 spiro atoms. The smallest absolute Gasteiger partial charge is 0.316 e. The van der Waals surface area contributed by atoms with Crippen LogP contribution in [-0.4, -0.2) is 17.6 Å². The van der Waals surface area contributed by atoms with Crippen molar-refractivity contribution in [2.24, 2.45) is 5.73 Å². The second kappa shape index (κ2) is 6.90. The minimum atomic E-state index is -0.652. The highest BCUT2D eigenvalue weighted by atomic mass is 32.2. The molecule has 2 rings (SSSR count). The van der Waals surface area contributed by atoms with Gasteiger partial charge in [0.25, 0.3) is 0 Å².